The second-order valence-corrected chi connectivity index (χ2v) is 2.67. The Hall–Kier alpha value is -1.86. The molecule has 5 nitrogen and oxygen atoms in total. The fraction of sp³-hybridized carbons (Fsp3) is 0.286. The Labute approximate surface area is 80.6 Å². The summed E-state index contributed by atoms with van der Waals surface area (Å²) < 4.78 is 35.7. The minimum Gasteiger partial charge on any atom is -0.477 e. The Morgan fingerprint density at radius 1 is 1.53 bits per heavy atom. The van der Waals surface area contributed by atoms with Crippen molar-refractivity contribution in [2.24, 2.45) is 0 Å². The maximum absolute atomic E-state index is 11.9. The zero-order valence-electron chi connectivity index (χ0n) is 7.13. The van der Waals surface area contributed by atoms with Crippen LogP contribution in [0.5, 0.6) is 0 Å². The number of aromatic amines is 1. The lowest BCUT2D eigenvalue weighted by Crippen LogP contribution is -2.21. The van der Waals surface area contributed by atoms with Gasteiger partial charge in [-0.05, 0) is 0 Å². The maximum Gasteiger partial charge on any atom is 0.396 e. The Kier molecular flexibility index (Phi) is 2.78. The van der Waals surface area contributed by atoms with Gasteiger partial charge < -0.3 is 10.1 Å². The van der Waals surface area contributed by atoms with Gasteiger partial charge >= 0.3 is 12.1 Å². The van der Waals surface area contributed by atoms with Gasteiger partial charge in [0.25, 0.3) is 5.56 Å². The lowest BCUT2D eigenvalue weighted by atomic mass is 10.3. The van der Waals surface area contributed by atoms with Gasteiger partial charge in [-0.2, -0.15) is 13.2 Å². The van der Waals surface area contributed by atoms with Gasteiger partial charge in [-0.3, -0.25) is 4.79 Å². The first-order valence-electron chi connectivity index (χ1n) is 3.68. The van der Waals surface area contributed by atoms with Crippen LogP contribution in [0.2, 0.25) is 0 Å². The van der Waals surface area contributed by atoms with E-state index in [1.165, 1.54) is 0 Å². The molecule has 15 heavy (non-hydrogen) atoms. The minimum atomic E-state index is -4.55. The van der Waals surface area contributed by atoms with Crippen LogP contribution in [0.1, 0.15) is 16.3 Å². The Morgan fingerprint density at radius 3 is 2.60 bits per heavy atom. The van der Waals surface area contributed by atoms with Crippen LogP contribution < -0.4 is 5.56 Å². The first-order chi connectivity index (χ1) is 6.78. The van der Waals surface area contributed by atoms with Gasteiger partial charge in [-0.1, -0.05) is 0 Å². The molecule has 82 valence electrons. The second-order valence-electron chi connectivity index (χ2n) is 2.67. The van der Waals surface area contributed by atoms with E-state index in [1.54, 1.807) is 0 Å². The first-order valence-corrected chi connectivity index (χ1v) is 3.68. The first kappa shape index (κ1) is 11.2. The third-order valence-corrected chi connectivity index (χ3v) is 1.38. The van der Waals surface area contributed by atoms with Crippen molar-refractivity contribution in [3.63, 3.8) is 0 Å². The van der Waals surface area contributed by atoms with Crippen LogP contribution in [-0.4, -0.2) is 27.2 Å². The van der Waals surface area contributed by atoms with E-state index in [1.807, 2.05) is 4.98 Å². The monoisotopic (exact) mass is 222 g/mol. The molecule has 0 saturated heterocycles. The van der Waals surface area contributed by atoms with Gasteiger partial charge in [0.05, 0.1) is 0 Å². The summed E-state index contributed by atoms with van der Waals surface area (Å²) in [5, 5.41) is 8.44. The fourth-order valence-electron chi connectivity index (χ4n) is 0.891. The molecule has 0 saturated carbocycles. The summed E-state index contributed by atoms with van der Waals surface area (Å²) in [5.74, 6) is -2.27. The van der Waals surface area contributed by atoms with E-state index in [9.17, 15) is 22.8 Å². The Bertz CT molecular complexity index is 438. The molecule has 0 amide bonds. The molecular weight excluding hydrogens is 217 g/mol. The second kappa shape index (κ2) is 3.71. The van der Waals surface area contributed by atoms with Gasteiger partial charge in [0.15, 0.2) is 5.69 Å². The van der Waals surface area contributed by atoms with Crippen LogP contribution in [0.25, 0.3) is 0 Å². The van der Waals surface area contributed by atoms with Crippen LogP contribution in [0, 0.1) is 0 Å². The highest BCUT2D eigenvalue weighted by Gasteiger charge is 2.29. The zero-order valence-corrected chi connectivity index (χ0v) is 7.13. The van der Waals surface area contributed by atoms with E-state index in [0.717, 1.165) is 0 Å². The highest BCUT2D eigenvalue weighted by Crippen LogP contribution is 2.18. The van der Waals surface area contributed by atoms with Gasteiger partial charge in [0.1, 0.15) is 12.2 Å². The van der Waals surface area contributed by atoms with Crippen LogP contribution in [-0.2, 0) is 6.42 Å². The topological polar surface area (TPSA) is 83.0 Å². The van der Waals surface area contributed by atoms with Crippen molar-refractivity contribution in [1.82, 2.24) is 9.97 Å². The molecule has 1 heterocycles. The summed E-state index contributed by atoms with van der Waals surface area (Å²) in [7, 11) is 0. The molecule has 8 heteroatoms. The van der Waals surface area contributed by atoms with Crippen molar-refractivity contribution >= 4 is 5.97 Å². The molecule has 1 aromatic heterocycles. The van der Waals surface area contributed by atoms with Crippen LogP contribution in [0.3, 0.4) is 0 Å². The number of carboxylic acids is 1. The smallest absolute Gasteiger partial charge is 0.396 e. The van der Waals surface area contributed by atoms with Gasteiger partial charge in [-0.25, -0.2) is 9.78 Å². The highest BCUT2D eigenvalue weighted by atomic mass is 19.4. The molecule has 0 aromatic carbocycles. The standard InChI is InChI=1S/C7H5F3N2O3/c8-7(9,10)2-4-11-3(6(14)15)1-5(13)12-4/h1H,2H2,(H,14,15)(H,11,12,13). The fourth-order valence-corrected chi connectivity index (χ4v) is 0.891. The molecule has 0 fully saturated rings. The van der Waals surface area contributed by atoms with E-state index in [-0.39, 0.29) is 0 Å². The SMILES string of the molecule is O=C(O)c1cc(=O)[nH]c(CC(F)(F)F)n1. The Morgan fingerprint density at radius 2 is 2.13 bits per heavy atom. The number of alkyl halides is 3. The molecule has 0 radical (unpaired) electrons. The molecule has 0 unspecified atom stereocenters. The quantitative estimate of drug-likeness (QED) is 0.766. The molecule has 0 aliphatic rings. The molecule has 0 aliphatic carbocycles. The number of H-pyrrole nitrogens is 1. The molecule has 0 aliphatic heterocycles. The third kappa shape index (κ3) is 3.41. The molecule has 2 N–H and O–H groups in total. The number of aromatic carboxylic acids is 1. The van der Waals surface area contributed by atoms with Crippen molar-refractivity contribution in [2.75, 3.05) is 0 Å². The van der Waals surface area contributed by atoms with Crippen LogP contribution in [0.4, 0.5) is 13.2 Å². The molecule has 1 aromatic rings. The van der Waals surface area contributed by atoms with Gasteiger partial charge in [-0.15, -0.1) is 0 Å². The molecule has 0 atom stereocenters. The number of aromatic nitrogens is 2. The number of hydrogen-bond donors (Lipinski definition) is 2. The average Bonchev–Trinajstić information content (AvgIpc) is 1.99. The van der Waals surface area contributed by atoms with Crippen molar-refractivity contribution in [3.8, 4) is 0 Å². The maximum atomic E-state index is 11.9. The van der Waals surface area contributed by atoms with E-state index in [2.05, 4.69) is 4.98 Å². The normalized spacial score (nSPS) is 11.4. The number of halogens is 3. The summed E-state index contributed by atoms with van der Waals surface area (Å²) in [5.41, 5.74) is -1.64. The number of nitrogens with one attached hydrogen (secondary N) is 1. The zero-order chi connectivity index (χ0) is 11.6. The summed E-state index contributed by atoms with van der Waals surface area (Å²) in [6, 6.07) is 0.613. The van der Waals surface area contributed by atoms with E-state index in [4.69, 9.17) is 5.11 Å². The van der Waals surface area contributed by atoms with Crippen molar-refractivity contribution in [1.29, 1.82) is 0 Å². The lowest BCUT2D eigenvalue weighted by molar-refractivity contribution is -0.128. The number of hydrogen-bond acceptors (Lipinski definition) is 3. The summed E-state index contributed by atoms with van der Waals surface area (Å²) in [6.45, 7) is 0. The number of carbonyl (C=O) groups is 1. The predicted molar refractivity (Wildman–Crippen MR) is 41.6 cm³/mol. The van der Waals surface area contributed by atoms with E-state index >= 15 is 0 Å². The molecule has 0 spiro atoms. The molecule has 0 bridgehead atoms. The number of nitrogens with zero attached hydrogens (tertiary/aromatic N) is 1. The minimum absolute atomic E-state index is 0.613. The van der Waals surface area contributed by atoms with Crippen molar-refractivity contribution in [3.05, 3.63) is 27.9 Å². The largest absolute Gasteiger partial charge is 0.477 e. The van der Waals surface area contributed by atoms with E-state index < -0.39 is 35.6 Å². The molecular formula is C7H5F3N2O3. The lowest BCUT2D eigenvalue weighted by Gasteiger charge is -2.05. The highest BCUT2D eigenvalue weighted by molar-refractivity contribution is 5.85. The van der Waals surface area contributed by atoms with Crippen LogP contribution >= 0.6 is 0 Å². The molecule has 1 rings (SSSR count). The van der Waals surface area contributed by atoms with E-state index in [0.29, 0.717) is 6.07 Å². The van der Waals surface area contributed by atoms with Gasteiger partial charge in [0, 0.05) is 6.07 Å². The van der Waals surface area contributed by atoms with Crippen molar-refractivity contribution < 1.29 is 23.1 Å². The summed E-state index contributed by atoms with van der Waals surface area (Å²) >= 11 is 0. The van der Waals surface area contributed by atoms with Crippen LogP contribution in [0.15, 0.2) is 10.9 Å². The Balaban J connectivity index is 3.10. The summed E-state index contributed by atoms with van der Waals surface area (Å²) in [4.78, 5) is 26.1. The van der Waals surface area contributed by atoms with Gasteiger partial charge in [0.2, 0.25) is 0 Å². The summed E-state index contributed by atoms with van der Waals surface area (Å²) in [6.07, 6.45) is -6.02. The average molecular weight is 222 g/mol. The number of carboxylic acid groups (broad SMARTS) is 1. The number of rotatable bonds is 2. The third-order valence-electron chi connectivity index (χ3n) is 1.38. The predicted octanol–water partition coefficient (Wildman–Crippen LogP) is 0.573. The van der Waals surface area contributed by atoms with Crippen molar-refractivity contribution in [2.45, 2.75) is 12.6 Å².